The van der Waals surface area contributed by atoms with Crippen LogP contribution in [-0.2, 0) is 14.4 Å². The van der Waals surface area contributed by atoms with Gasteiger partial charge in [-0.2, -0.15) is 0 Å². The van der Waals surface area contributed by atoms with E-state index in [0.29, 0.717) is 41.8 Å². The van der Waals surface area contributed by atoms with Gasteiger partial charge in [-0.05, 0) is 80.5 Å². The van der Waals surface area contributed by atoms with Gasteiger partial charge in [-0.3, -0.25) is 9.59 Å². The van der Waals surface area contributed by atoms with Crippen molar-refractivity contribution >= 4 is 17.5 Å². The van der Waals surface area contributed by atoms with Crippen molar-refractivity contribution in [2.45, 2.75) is 106 Å². The molecular weight excluding hydrogens is 424 g/mol. The molecule has 4 heteroatoms. The number of hydrogen-bond donors (Lipinski definition) is 1. The number of fused-ring (bicyclic) bond motifs is 4. The summed E-state index contributed by atoms with van der Waals surface area (Å²) in [5.74, 6) is 1.01. The van der Waals surface area contributed by atoms with Crippen LogP contribution in [0.4, 0.5) is 0 Å². The molecule has 0 bridgehead atoms. The zero-order valence-corrected chi connectivity index (χ0v) is 22.3. The molecule has 2 fully saturated rings. The van der Waals surface area contributed by atoms with Gasteiger partial charge >= 0.3 is 5.97 Å². The molecule has 0 aromatic carbocycles. The summed E-state index contributed by atoms with van der Waals surface area (Å²) in [6.45, 7) is 15.3. The molecule has 1 N–H and O–H groups in total. The SMILES string of the molecule is C/C(=C\CC[C@@H](C)C1CC[C@@]2(C)C3=C(C(=O)C[C@]12C)[C@@]1(C)CCC(=O)C(C)(C)[C@@H]1CC3)C(=O)O. The summed E-state index contributed by atoms with van der Waals surface area (Å²) in [6.07, 6.45) is 9.78. The molecule has 4 nitrogen and oxygen atoms in total. The topological polar surface area (TPSA) is 71.4 Å². The van der Waals surface area contributed by atoms with Crippen LogP contribution in [0.5, 0.6) is 0 Å². The summed E-state index contributed by atoms with van der Waals surface area (Å²) in [4.78, 5) is 37.9. The second-order valence-electron chi connectivity index (χ2n) is 13.2. The lowest BCUT2D eigenvalue weighted by molar-refractivity contribution is -0.142. The van der Waals surface area contributed by atoms with Gasteiger partial charge in [0.2, 0.25) is 0 Å². The van der Waals surface area contributed by atoms with Crippen LogP contribution >= 0.6 is 0 Å². The monoisotopic (exact) mass is 468 g/mol. The molecule has 34 heavy (non-hydrogen) atoms. The highest BCUT2D eigenvalue weighted by atomic mass is 16.4. The summed E-state index contributed by atoms with van der Waals surface area (Å²) in [6, 6.07) is 0. The van der Waals surface area contributed by atoms with Crippen LogP contribution in [0.15, 0.2) is 22.8 Å². The van der Waals surface area contributed by atoms with Crippen molar-refractivity contribution in [2.75, 3.05) is 0 Å². The van der Waals surface area contributed by atoms with Gasteiger partial charge in [0.25, 0.3) is 0 Å². The summed E-state index contributed by atoms with van der Waals surface area (Å²) < 4.78 is 0. The van der Waals surface area contributed by atoms with Crippen LogP contribution in [0.2, 0.25) is 0 Å². The van der Waals surface area contributed by atoms with E-state index in [1.807, 2.05) is 6.08 Å². The van der Waals surface area contributed by atoms with E-state index < -0.39 is 5.97 Å². The van der Waals surface area contributed by atoms with Gasteiger partial charge in [-0.25, -0.2) is 4.79 Å². The van der Waals surface area contributed by atoms with E-state index >= 15 is 0 Å². The minimum atomic E-state index is -0.845. The van der Waals surface area contributed by atoms with Crippen molar-refractivity contribution in [3.63, 3.8) is 0 Å². The Morgan fingerprint density at radius 3 is 2.41 bits per heavy atom. The number of allylic oxidation sites excluding steroid dienone is 3. The number of ketones is 2. The lowest BCUT2D eigenvalue weighted by Gasteiger charge is -2.60. The molecule has 6 atom stereocenters. The second-order valence-corrected chi connectivity index (χ2v) is 13.2. The molecule has 2 saturated carbocycles. The number of carbonyl (C=O) groups is 3. The molecule has 0 aromatic heterocycles. The van der Waals surface area contributed by atoms with Gasteiger partial charge in [0, 0.05) is 34.8 Å². The summed E-state index contributed by atoms with van der Waals surface area (Å²) in [5, 5.41) is 9.15. The van der Waals surface area contributed by atoms with Gasteiger partial charge < -0.3 is 5.11 Å². The minimum Gasteiger partial charge on any atom is -0.478 e. The van der Waals surface area contributed by atoms with Crippen LogP contribution < -0.4 is 0 Å². The fraction of sp³-hybridized carbons (Fsp3) is 0.767. The fourth-order valence-corrected chi connectivity index (χ4v) is 9.10. The van der Waals surface area contributed by atoms with E-state index in [1.165, 1.54) is 5.57 Å². The largest absolute Gasteiger partial charge is 0.478 e. The first-order valence-electron chi connectivity index (χ1n) is 13.4. The number of rotatable bonds is 5. The zero-order valence-electron chi connectivity index (χ0n) is 22.3. The van der Waals surface area contributed by atoms with Gasteiger partial charge in [-0.15, -0.1) is 0 Å². The highest BCUT2D eigenvalue weighted by molar-refractivity contribution is 6.00. The van der Waals surface area contributed by atoms with E-state index in [1.54, 1.807) is 6.92 Å². The van der Waals surface area contributed by atoms with Crippen molar-refractivity contribution in [2.24, 2.45) is 39.4 Å². The Balaban J connectivity index is 1.66. The molecule has 0 radical (unpaired) electrons. The van der Waals surface area contributed by atoms with Crippen molar-refractivity contribution in [1.29, 1.82) is 0 Å². The minimum absolute atomic E-state index is 0.0293. The molecule has 0 heterocycles. The molecule has 0 amide bonds. The van der Waals surface area contributed by atoms with Gasteiger partial charge in [-0.1, -0.05) is 53.2 Å². The Kier molecular flexibility index (Phi) is 6.10. The molecule has 0 aliphatic heterocycles. The van der Waals surface area contributed by atoms with E-state index in [4.69, 9.17) is 5.11 Å². The first-order chi connectivity index (χ1) is 15.7. The third-order valence-corrected chi connectivity index (χ3v) is 11.4. The highest BCUT2D eigenvalue weighted by Crippen LogP contribution is 2.71. The van der Waals surface area contributed by atoms with Gasteiger partial charge in [0.15, 0.2) is 5.78 Å². The maximum atomic E-state index is 14.0. The number of carboxylic acid groups (broad SMARTS) is 1. The van der Waals surface area contributed by atoms with E-state index in [9.17, 15) is 14.4 Å². The number of hydrogen-bond acceptors (Lipinski definition) is 3. The summed E-state index contributed by atoms with van der Waals surface area (Å²) in [7, 11) is 0. The Bertz CT molecular complexity index is 984. The lowest BCUT2D eigenvalue weighted by Crippen LogP contribution is -2.56. The Morgan fingerprint density at radius 1 is 1.09 bits per heavy atom. The molecule has 4 aliphatic rings. The first kappa shape index (κ1) is 25.4. The molecule has 0 aromatic rings. The lowest BCUT2D eigenvalue weighted by atomic mass is 9.43. The number of aliphatic carboxylic acids is 1. The Hall–Kier alpha value is -1.71. The van der Waals surface area contributed by atoms with E-state index in [2.05, 4.69) is 41.5 Å². The Morgan fingerprint density at radius 2 is 1.76 bits per heavy atom. The molecule has 4 rings (SSSR count). The van der Waals surface area contributed by atoms with Crippen LogP contribution in [-0.4, -0.2) is 22.6 Å². The van der Waals surface area contributed by atoms with E-state index in [-0.39, 0.29) is 27.6 Å². The third kappa shape index (κ3) is 3.41. The van der Waals surface area contributed by atoms with E-state index in [0.717, 1.165) is 50.5 Å². The molecule has 0 spiro atoms. The number of Topliss-reactive ketones (excluding diaryl/α,β-unsaturated/α-hetero) is 2. The summed E-state index contributed by atoms with van der Waals surface area (Å²) in [5.41, 5.74) is 2.37. The van der Waals surface area contributed by atoms with Crippen LogP contribution in [0.1, 0.15) is 106 Å². The third-order valence-electron chi connectivity index (χ3n) is 11.4. The molecule has 0 saturated heterocycles. The van der Waals surface area contributed by atoms with Crippen LogP contribution in [0, 0.1) is 39.4 Å². The smallest absolute Gasteiger partial charge is 0.330 e. The highest BCUT2D eigenvalue weighted by Gasteiger charge is 2.65. The molecule has 188 valence electrons. The van der Waals surface area contributed by atoms with Crippen molar-refractivity contribution in [3.05, 3.63) is 22.8 Å². The second kappa shape index (κ2) is 8.17. The van der Waals surface area contributed by atoms with Crippen molar-refractivity contribution in [3.8, 4) is 0 Å². The Labute approximate surface area is 205 Å². The van der Waals surface area contributed by atoms with Gasteiger partial charge in [0.05, 0.1) is 0 Å². The molecule has 1 unspecified atom stereocenters. The average Bonchev–Trinajstić information content (AvgIpc) is 3.02. The fourth-order valence-electron chi connectivity index (χ4n) is 9.10. The predicted molar refractivity (Wildman–Crippen MR) is 134 cm³/mol. The predicted octanol–water partition coefficient (Wildman–Crippen LogP) is 6.93. The van der Waals surface area contributed by atoms with Crippen molar-refractivity contribution < 1.29 is 19.5 Å². The molecule has 4 aliphatic carbocycles. The standard InChI is InChI=1S/C30H44O4/c1-18(9-8-10-19(2)26(33)34)20-13-16-29(6)21-11-12-23-27(3,4)24(32)14-15-28(23,5)25(21)22(31)17-30(20,29)7/h10,18,20,23H,8-9,11-17H2,1-7H3,(H,33,34)/b19-10+/t18-,20?,23+,28+,29+,30-/m1/s1. The number of carbonyl (C=O) groups excluding carboxylic acids is 2. The first-order valence-corrected chi connectivity index (χ1v) is 13.4. The van der Waals surface area contributed by atoms with Crippen molar-refractivity contribution in [1.82, 2.24) is 0 Å². The average molecular weight is 469 g/mol. The summed E-state index contributed by atoms with van der Waals surface area (Å²) >= 11 is 0. The van der Waals surface area contributed by atoms with Gasteiger partial charge in [0.1, 0.15) is 5.78 Å². The maximum absolute atomic E-state index is 14.0. The zero-order chi connectivity index (χ0) is 25.3. The quantitative estimate of drug-likeness (QED) is 0.444. The van der Waals surface area contributed by atoms with Crippen LogP contribution in [0.25, 0.3) is 0 Å². The number of carboxylic acids is 1. The molecular formula is C30H44O4. The maximum Gasteiger partial charge on any atom is 0.330 e. The normalized spacial score (nSPS) is 40.5. The van der Waals surface area contributed by atoms with Crippen LogP contribution in [0.3, 0.4) is 0 Å².